The molecule has 2 aliphatic carbocycles. The smallest absolute Gasteiger partial charge is 0.192 e. The van der Waals surface area contributed by atoms with Crippen LogP contribution in [0.25, 0.3) is 10.2 Å². The van der Waals surface area contributed by atoms with Gasteiger partial charge in [-0.05, 0) is 74.1 Å². The van der Waals surface area contributed by atoms with Gasteiger partial charge in [0.25, 0.3) is 0 Å². The van der Waals surface area contributed by atoms with Gasteiger partial charge in [-0.15, -0.1) is 11.3 Å². The van der Waals surface area contributed by atoms with Gasteiger partial charge in [-0.25, -0.2) is 4.98 Å². The molecular weight excluding hydrogens is 515 g/mol. The first-order valence-corrected chi connectivity index (χ1v) is 21.2. The third-order valence-corrected chi connectivity index (χ3v) is 20.4. The van der Waals surface area contributed by atoms with Crippen molar-refractivity contribution in [2.75, 3.05) is 5.75 Å². The number of hydrogen-bond acceptors (Lipinski definition) is 5. The Kier molecular flexibility index (Phi) is 7.89. The minimum absolute atomic E-state index is 0.211. The van der Waals surface area contributed by atoms with Crippen LogP contribution in [-0.2, 0) is 8.85 Å². The zero-order valence-electron chi connectivity index (χ0n) is 24.2. The number of thiazole rings is 1. The van der Waals surface area contributed by atoms with Crippen molar-refractivity contribution in [3.05, 3.63) is 35.9 Å². The zero-order chi connectivity index (χ0) is 26.6. The number of rotatable bonds is 7. The molecule has 2 atom stereocenters. The number of benzene rings is 1. The van der Waals surface area contributed by atoms with Crippen molar-refractivity contribution in [1.82, 2.24) is 4.98 Å². The van der Waals surface area contributed by atoms with Crippen LogP contribution in [0.2, 0.25) is 36.3 Å². The molecule has 1 spiro atoms. The van der Waals surface area contributed by atoms with Gasteiger partial charge in [-0.3, -0.25) is 0 Å². The monoisotopic (exact) mass is 561 g/mol. The maximum atomic E-state index is 7.20. The summed E-state index contributed by atoms with van der Waals surface area (Å²) in [6.07, 6.45) is 7.64. The molecule has 3 nitrogen and oxygen atoms in total. The summed E-state index contributed by atoms with van der Waals surface area (Å²) in [5, 5.41) is 0.422. The molecule has 1 aromatic heterocycles. The predicted octanol–water partition coefficient (Wildman–Crippen LogP) is 9.67. The molecule has 2 saturated carbocycles. The first-order valence-electron chi connectivity index (χ1n) is 13.6. The normalized spacial score (nSPS) is 22.9. The molecule has 2 aliphatic rings. The highest BCUT2D eigenvalue weighted by Crippen LogP contribution is 2.61. The Labute approximate surface area is 230 Å². The largest absolute Gasteiger partial charge is 0.413 e. The fourth-order valence-electron chi connectivity index (χ4n) is 4.65. The molecule has 2 fully saturated rings. The van der Waals surface area contributed by atoms with Crippen LogP contribution in [0.5, 0.6) is 0 Å². The lowest BCUT2D eigenvalue weighted by Gasteiger charge is -2.49. The fourth-order valence-corrected chi connectivity index (χ4v) is 9.45. The molecule has 4 rings (SSSR count). The number of hydrogen-bond donors (Lipinski definition) is 0. The topological polar surface area (TPSA) is 31.4 Å². The van der Waals surface area contributed by atoms with Gasteiger partial charge in [-0.2, -0.15) is 0 Å². The lowest BCUT2D eigenvalue weighted by molar-refractivity contribution is -0.00944. The average Bonchev–Trinajstić information content (AvgIpc) is 3.42. The van der Waals surface area contributed by atoms with Gasteiger partial charge in [-0.1, -0.05) is 77.1 Å². The van der Waals surface area contributed by atoms with E-state index in [1.165, 1.54) is 23.1 Å². The molecule has 0 radical (unpaired) electrons. The van der Waals surface area contributed by atoms with E-state index >= 15 is 0 Å². The number of aromatic nitrogens is 1. The number of thioether (sulfide) groups is 1. The predicted molar refractivity (Wildman–Crippen MR) is 163 cm³/mol. The van der Waals surface area contributed by atoms with Gasteiger partial charge in [0.1, 0.15) is 0 Å². The summed E-state index contributed by atoms with van der Waals surface area (Å²) in [5.41, 5.74) is 2.84. The number of nitrogens with zero attached hydrogens (tertiary/aromatic N) is 1. The molecule has 200 valence electrons. The van der Waals surface area contributed by atoms with Crippen molar-refractivity contribution < 1.29 is 8.85 Å². The highest BCUT2D eigenvalue weighted by molar-refractivity contribution is 8.01. The molecular formula is C29H47NO2S2Si2. The summed E-state index contributed by atoms with van der Waals surface area (Å²) in [7, 11) is -3.77. The van der Waals surface area contributed by atoms with E-state index in [0.29, 0.717) is 0 Å². The SMILES string of the molecule is CC(C)(C)[Si](C)(C)O[C@@H]1CC(=CCSc2nc3ccccc3s2)C[C@@H](O[Si](C)(C)C(C)(C)C)C12CC2. The van der Waals surface area contributed by atoms with Crippen molar-refractivity contribution in [3.63, 3.8) is 0 Å². The quantitative estimate of drug-likeness (QED) is 0.191. The number of fused-ring (bicyclic) bond motifs is 1. The van der Waals surface area contributed by atoms with Gasteiger partial charge in [0.2, 0.25) is 0 Å². The van der Waals surface area contributed by atoms with Gasteiger partial charge in [0, 0.05) is 11.2 Å². The van der Waals surface area contributed by atoms with Crippen LogP contribution in [-0.4, -0.2) is 39.6 Å². The molecule has 36 heavy (non-hydrogen) atoms. The van der Waals surface area contributed by atoms with Crippen molar-refractivity contribution in [1.29, 1.82) is 0 Å². The second-order valence-corrected chi connectivity index (χ2v) is 25.8. The minimum atomic E-state index is -1.88. The maximum Gasteiger partial charge on any atom is 0.192 e. The van der Waals surface area contributed by atoms with E-state index in [4.69, 9.17) is 13.8 Å². The Bertz CT molecular complexity index is 1030. The van der Waals surface area contributed by atoms with E-state index in [0.717, 1.165) is 28.5 Å². The molecule has 0 N–H and O–H groups in total. The Balaban J connectivity index is 1.56. The van der Waals surface area contributed by atoms with E-state index in [2.05, 4.69) is 98.1 Å². The first kappa shape index (κ1) is 28.6. The summed E-state index contributed by atoms with van der Waals surface area (Å²) in [4.78, 5) is 4.82. The van der Waals surface area contributed by atoms with Crippen molar-refractivity contribution >= 4 is 50.0 Å². The molecule has 1 aromatic carbocycles. The molecule has 7 heteroatoms. The fraction of sp³-hybridized carbons (Fsp3) is 0.690. The van der Waals surface area contributed by atoms with Crippen molar-refractivity contribution in [3.8, 4) is 0 Å². The number of para-hydroxylation sites is 1. The van der Waals surface area contributed by atoms with Gasteiger partial charge >= 0.3 is 0 Å². The third kappa shape index (κ3) is 5.91. The van der Waals surface area contributed by atoms with Crippen LogP contribution < -0.4 is 0 Å². The molecule has 0 aliphatic heterocycles. The summed E-state index contributed by atoms with van der Waals surface area (Å²) >= 11 is 3.66. The van der Waals surface area contributed by atoms with Crippen molar-refractivity contribution in [2.45, 2.75) is 120 Å². The average molecular weight is 562 g/mol. The van der Waals surface area contributed by atoms with Gasteiger partial charge < -0.3 is 8.85 Å². The lowest BCUT2D eigenvalue weighted by atomic mass is 9.78. The van der Waals surface area contributed by atoms with Crippen LogP contribution in [0.15, 0.2) is 40.3 Å². The highest BCUT2D eigenvalue weighted by Gasteiger charge is 2.61. The van der Waals surface area contributed by atoms with E-state index in [-0.39, 0.29) is 27.7 Å². The summed E-state index contributed by atoms with van der Waals surface area (Å²) in [6.45, 7) is 23.8. The second-order valence-electron chi connectivity index (χ2n) is 14.0. The molecule has 2 aromatic rings. The molecule has 1 heterocycles. The van der Waals surface area contributed by atoms with Crippen LogP contribution in [0, 0.1) is 5.41 Å². The Morgan fingerprint density at radius 3 is 1.94 bits per heavy atom. The van der Waals surface area contributed by atoms with E-state index in [1.807, 2.05) is 11.8 Å². The standard InChI is InChI=1S/C29H47NO2S2Si2/c1-27(2,3)35(7,8)31-24-19-21(15-18-33-26-30-22-13-11-12-14-23(22)34-26)20-25(29(24)16-17-29)32-36(9,10)28(4,5)6/h11-15,24-25H,16-20H2,1-10H3/t24-,25-/m1/s1. The molecule has 0 amide bonds. The Morgan fingerprint density at radius 2 is 1.47 bits per heavy atom. The minimum Gasteiger partial charge on any atom is -0.413 e. The Hall–Kier alpha value is -0.446. The summed E-state index contributed by atoms with van der Waals surface area (Å²) < 4.78 is 16.8. The van der Waals surface area contributed by atoms with Crippen LogP contribution in [0.1, 0.15) is 67.2 Å². The van der Waals surface area contributed by atoms with Gasteiger partial charge in [0.15, 0.2) is 21.0 Å². The van der Waals surface area contributed by atoms with Gasteiger partial charge in [0.05, 0.1) is 22.4 Å². The summed E-state index contributed by atoms with van der Waals surface area (Å²) in [5.74, 6) is 0.960. The third-order valence-electron chi connectivity index (χ3n) is 9.34. The van der Waals surface area contributed by atoms with E-state index in [9.17, 15) is 0 Å². The maximum absolute atomic E-state index is 7.20. The zero-order valence-corrected chi connectivity index (χ0v) is 27.8. The van der Waals surface area contributed by atoms with E-state index < -0.39 is 16.6 Å². The Morgan fingerprint density at radius 1 is 0.944 bits per heavy atom. The molecule has 0 saturated heterocycles. The highest BCUT2D eigenvalue weighted by atomic mass is 32.2. The van der Waals surface area contributed by atoms with E-state index in [1.54, 1.807) is 11.3 Å². The molecule has 0 bridgehead atoms. The van der Waals surface area contributed by atoms with Crippen molar-refractivity contribution in [2.24, 2.45) is 5.41 Å². The van der Waals surface area contributed by atoms with Crippen LogP contribution in [0.3, 0.4) is 0 Å². The molecule has 0 unspecified atom stereocenters. The van der Waals surface area contributed by atoms with Crippen LogP contribution in [0.4, 0.5) is 0 Å². The first-order chi connectivity index (χ1) is 16.5. The van der Waals surface area contributed by atoms with Crippen LogP contribution >= 0.6 is 23.1 Å². The lowest BCUT2D eigenvalue weighted by Crippen LogP contribution is -2.54. The summed E-state index contributed by atoms with van der Waals surface area (Å²) in [6, 6.07) is 8.44. The second kappa shape index (κ2) is 9.94.